The largest absolute Gasteiger partial charge is 0.314 e. The molecule has 0 aliphatic heterocycles. The zero-order chi connectivity index (χ0) is 14.4. The maximum atomic E-state index is 12.0. The van der Waals surface area contributed by atoms with E-state index in [-0.39, 0.29) is 11.8 Å². The van der Waals surface area contributed by atoms with Gasteiger partial charge in [0, 0.05) is 24.5 Å². The molecule has 1 atom stereocenters. The minimum absolute atomic E-state index is 0.184. The maximum absolute atomic E-state index is 12.0. The minimum atomic E-state index is -3.22. The number of aromatic nitrogens is 1. The Bertz CT molecular complexity index is 500. The van der Waals surface area contributed by atoms with Gasteiger partial charge in [-0.2, -0.15) is 0 Å². The van der Waals surface area contributed by atoms with Gasteiger partial charge in [0.1, 0.15) is 0 Å². The molecule has 1 aromatic heterocycles. The molecule has 1 aliphatic rings. The van der Waals surface area contributed by atoms with Crippen molar-refractivity contribution in [3.05, 3.63) is 30.1 Å². The summed E-state index contributed by atoms with van der Waals surface area (Å²) < 4.78 is 26.6. The van der Waals surface area contributed by atoms with Crippen molar-refractivity contribution >= 4 is 10.0 Å². The molecule has 0 radical (unpaired) electrons. The summed E-state index contributed by atoms with van der Waals surface area (Å²) in [7, 11) is -3.22. The van der Waals surface area contributed by atoms with Crippen LogP contribution in [0.15, 0.2) is 24.5 Å². The molecule has 0 aromatic carbocycles. The highest BCUT2D eigenvalue weighted by Crippen LogP contribution is 2.18. The summed E-state index contributed by atoms with van der Waals surface area (Å²) in [5, 5.41) is 3.39. The van der Waals surface area contributed by atoms with Gasteiger partial charge in [0.25, 0.3) is 0 Å². The standard InChI is InChI=1S/C14H23N3O2S/c1-12(13-5-4-8-15-11-13)17-20(18,19)10-3-2-9-16-14-6-7-14/h4-5,8,11-12,14,16-17H,2-3,6-7,9-10H2,1H3. The van der Waals surface area contributed by atoms with E-state index in [4.69, 9.17) is 0 Å². The van der Waals surface area contributed by atoms with Gasteiger partial charge >= 0.3 is 0 Å². The van der Waals surface area contributed by atoms with E-state index in [1.807, 2.05) is 19.1 Å². The molecule has 0 spiro atoms. The summed E-state index contributed by atoms with van der Waals surface area (Å²) in [4.78, 5) is 4.00. The lowest BCUT2D eigenvalue weighted by atomic mass is 10.2. The van der Waals surface area contributed by atoms with Crippen LogP contribution in [0.1, 0.15) is 44.2 Å². The average molecular weight is 297 g/mol. The van der Waals surface area contributed by atoms with Crippen LogP contribution < -0.4 is 10.0 Å². The fraction of sp³-hybridized carbons (Fsp3) is 0.643. The number of nitrogens with one attached hydrogen (secondary N) is 2. The molecule has 2 N–H and O–H groups in total. The van der Waals surface area contributed by atoms with E-state index in [0.29, 0.717) is 12.5 Å². The van der Waals surface area contributed by atoms with E-state index in [0.717, 1.165) is 18.5 Å². The van der Waals surface area contributed by atoms with Crippen LogP contribution in [-0.4, -0.2) is 31.7 Å². The molecule has 2 rings (SSSR count). The highest BCUT2D eigenvalue weighted by molar-refractivity contribution is 7.89. The summed E-state index contributed by atoms with van der Waals surface area (Å²) in [6, 6.07) is 4.14. The summed E-state index contributed by atoms with van der Waals surface area (Å²) in [6.45, 7) is 2.75. The molecule has 1 aromatic rings. The molecule has 0 bridgehead atoms. The molecule has 1 aliphatic carbocycles. The third kappa shape index (κ3) is 5.56. The zero-order valence-electron chi connectivity index (χ0n) is 11.9. The second-order valence-corrected chi connectivity index (χ2v) is 7.25. The second-order valence-electron chi connectivity index (χ2n) is 5.38. The molecule has 1 fully saturated rings. The quantitative estimate of drug-likeness (QED) is 0.679. The summed E-state index contributed by atoms with van der Waals surface area (Å²) >= 11 is 0. The fourth-order valence-electron chi connectivity index (χ4n) is 2.04. The topological polar surface area (TPSA) is 71.1 Å². The van der Waals surface area contributed by atoms with Crippen molar-refractivity contribution in [2.45, 2.75) is 44.7 Å². The van der Waals surface area contributed by atoms with Crippen molar-refractivity contribution in [1.29, 1.82) is 0 Å². The Labute approximate surface area is 121 Å². The van der Waals surface area contributed by atoms with Crippen molar-refractivity contribution < 1.29 is 8.42 Å². The summed E-state index contributed by atoms with van der Waals surface area (Å²) in [6.07, 6.45) is 7.49. The highest BCUT2D eigenvalue weighted by atomic mass is 32.2. The monoisotopic (exact) mass is 297 g/mol. The van der Waals surface area contributed by atoms with Crippen LogP contribution in [0.5, 0.6) is 0 Å². The Morgan fingerprint density at radius 1 is 1.40 bits per heavy atom. The molecule has 6 heteroatoms. The lowest BCUT2D eigenvalue weighted by molar-refractivity contribution is 0.559. The normalized spacial score (nSPS) is 17.1. The van der Waals surface area contributed by atoms with E-state index in [1.165, 1.54) is 12.8 Å². The van der Waals surface area contributed by atoms with Crippen LogP contribution in [0.3, 0.4) is 0 Å². The van der Waals surface area contributed by atoms with Gasteiger partial charge in [-0.15, -0.1) is 0 Å². The van der Waals surface area contributed by atoms with Crippen molar-refractivity contribution in [1.82, 2.24) is 15.0 Å². The molecule has 0 amide bonds. The van der Waals surface area contributed by atoms with Gasteiger partial charge in [-0.1, -0.05) is 6.07 Å². The third-order valence-electron chi connectivity index (χ3n) is 3.39. The lowest BCUT2D eigenvalue weighted by Gasteiger charge is -2.14. The van der Waals surface area contributed by atoms with Crippen molar-refractivity contribution in [3.8, 4) is 0 Å². The third-order valence-corrected chi connectivity index (χ3v) is 4.93. The Balaban J connectivity index is 1.69. The van der Waals surface area contributed by atoms with Crippen LogP contribution in [0.4, 0.5) is 0 Å². The lowest BCUT2D eigenvalue weighted by Crippen LogP contribution is -2.29. The fourth-order valence-corrected chi connectivity index (χ4v) is 3.42. The predicted molar refractivity (Wildman–Crippen MR) is 79.8 cm³/mol. The number of pyridine rings is 1. The van der Waals surface area contributed by atoms with Gasteiger partial charge in [-0.3, -0.25) is 4.98 Å². The van der Waals surface area contributed by atoms with E-state index < -0.39 is 10.0 Å². The van der Waals surface area contributed by atoms with Gasteiger partial charge in [0.05, 0.1) is 5.75 Å². The number of hydrogen-bond acceptors (Lipinski definition) is 4. The minimum Gasteiger partial charge on any atom is -0.314 e. The second kappa shape index (κ2) is 7.15. The summed E-state index contributed by atoms with van der Waals surface area (Å²) in [5.41, 5.74) is 0.881. The molecular weight excluding hydrogens is 274 g/mol. The Morgan fingerprint density at radius 2 is 2.20 bits per heavy atom. The van der Waals surface area contributed by atoms with Crippen LogP contribution in [0.2, 0.25) is 0 Å². The average Bonchev–Trinajstić information content (AvgIpc) is 3.23. The molecule has 1 unspecified atom stereocenters. The van der Waals surface area contributed by atoms with Gasteiger partial charge < -0.3 is 5.32 Å². The van der Waals surface area contributed by atoms with Crippen LogP contribution in [0.25, 0.3) is 0 Å². The first-order chi connectivity index (χ1) is 9.57. The van der Waals surface area contributed by atoms with Crippen molar-refractivity contribution in [3.63, 3.8) is 0 Å². The van der Waals surface area contributed by atoms with Crippen molar-refractivity contribution in [2.75, 3.05) is 12.3 Å². The molecule has 20 heavy (non-hydrogen) atoms. The van der Waals surface area contributed by atoms with E-state index in [1.54, 1.807) is 12.4 Å². The molecule has 0 saturated heterocycles. The Morgan fingerprint density at radius 3 is 2.85 bits per heavy atom. The number of rotatable bonds is 9. The van der Waals surface area contributed by atoms with Gasteiger partial charge in [-0.05, 0) is 50.8 Å². The number of unbranched alkanes of at least 4 members (excludes halogenated alkanes) is 1. The Kier molecular flexibility index (Phi) is 5.51. The number of hydrogen-bond donors (Lipinski definition) is 2. The number of sulfonamides is 1. The van der Waals surface area contributed by atoms with Crippen LogP contribution >= 0.6 is 0 Å². The first-order valence-corrected chi connectivity index (χ1v) is 8.85. The molecule has 112 valence electrons. The van der Waals surface area contributed by atoms with Gasteiger partial charge in [0.2, 0.25) is 10.0 Å². The van der Waals surface area contributed by atoms with Gasteiger partial charge in [-0.25, -0.2) is 13.1 Å². The smallest absolute Gasteiger partial charge is 0.212 e. The molecule has 1 saturated carbocycles. The van der Waals surface area contributed by atoms with Crippen molar-refractivity contribution in [2.24, 2.45) is 0 Å². The molecule has 1 heterocycles. The highest BCUT2D eigenvalue weighted by Gasteiger charge is 2.20. The molecule has 5 nitrogen and oxygen atoms in total. The molecular formula is C14H23N3O2S. The van der Waals surface area contributed by atoms with E-state index in [2.05, 4.69) is 15.0 Å². The van der Waals surface area contributed by atoms with E-state index in [9.17, 15) is 8.42 Å². The maximum Gasteiger partial charge on any atom is 0.212 e. The summed E-state index contributed by atoms with van der Waals surface area (Å²) in [5.74, 6) is 0.184. The SMILES string of the molecule is CC(NS(=O)(=O)CCCCNC1CC1)c1cccnc1. The zero-order valence-corrected chi connectivity index (χ0v) is 12.7. The Hall–Kier alpha value is -0.980. The first-order valence-electron chi connectivity index (χ1n) is 7.20. The van der Waals surface area contributed by atoms with Gasteiger partial charge in [0.15, 0.2) is 0 Å². The first kappa shape index (κ1) is 15.4. The number of nitrogens with zero attached hydrogens (tertiary/aromatic N) is 1. The van der Waals surface area contributed by atoms with Crippen LogP contribution in [-0.2, 0) is 10.0 Å². The van der Waals surface area contributed by atoms with Crippen LogP contribution in [0, 0.1) is 0 Å². The predicted octanol–water partition coefficient (Wildman–Crippen LogP) is 1.59. The van der Waals surface area contributed by atoms with E-state index >= 15 is 0 Å².